The van der Waals surface area contributed by atoms with E-state index >= 15 is 0 Å². The van der Waals surface area contributed by atoms with Crippen molar-refractivity contribution in [1.82, 2.24) is 4.57 Å². The Hall–Kier alpha value is -0.909. The summed E-state index contributed by atoms with van der Waals surface area (Å²) in [6.45, 7) is 16.9. The van der Waals surface area contributed by atoms with Crippen molar-refractivity contribution in [3.8, 4) is 0 Å². The molecule has 0 N–H and O–H groups in total. The Kier molecular flexibility index (Phi) is 10.1. The Morgan fingerprint density at radius 3 is 1.78 bits per heavy atom. The van der Waals surface area contributed by atoms with E-state index in [0.717, 1.165) is 0 Å². The van der Waals surface area contributed by atoms with Crippen LogP contribution in [0.25, 0.3) is 10.9 Å². The molecule has 6 atom stereocenters. The fraction of sp³-hybridized carbons (Fsp3) is 0.457. The predicted octanol–water partition coefficient (Wildman–Crippen LogP) is 10.2. The second-order valence-corrected chi connectivity index (χ2v) is 20.9. The molecule has 4 aliphatic carbocycles. The molecule has 1 saturated heterocycles. The van der Waals surface area contributed by atoms with Crippen LogP contribution in [0.15, 0.2) is 91.1 Å². The van der Waals surface area contributed by atoms with Crippen molar-refractivity contribution in [2.75, 3.05) is 0 Å². The predicted molar refractivity (Wildman–Crippen MR) is 179 cm³/mol. The van der Waals surface area contributed by atoms with Gasteiger partial charge in [0.05, 0.1) is 0 Å². The summed E-state index contributed by atoms with van der Waals surface area (Å²) in [6.07, 6.45) is 26.2. The maximum absolute atomic E-state index is 5.58. The van der Waals surface area contributed by atoms with Crippen LogP contribution in [0.3, 0.4) is 0 Å². The molecule has 6 heteroatoms. The van der Waals surface area contributed by atoms with Gasteiger partial charge in [-0.1, -0.05) is 156 Å². The van der Waals surface area contributed by atoms with Crippen molar-refractivity contribution in [1.29, 1.82) is 0 Å². The van der Waals surface area contributed by atoms with E-state index < -0.39 is 25.3 Å². The fourth-order valence-electron chi connectivity index (χ4n) is 8.45. The molecule has 0 bridgehead atoms. The van der Waals surface area contributed by atoms with Gasteiger partial charge < -0.3 is 17.3 Å². The molecule has 6 rings (SSSR count). The van der Waals surface area contributed by atoms with Crippen molar-refractivity contribution in [2.24, 2.45) is 23.7 Å². The molecule has 0 spiro atoms. The molecule has 1 aromatic carbocycles. The summed E-state index contributed by atoms with van der Waals surface area (Å²) in [7, 11) is 7.81. The molecule has 2 fully saturated rings. The summed E-state index contributed by atoms with van der Waals surface area (Å²) in [5, 5.41) is 5.58. The van der Waals surface area contributed by atoms with Crippen molar-refractivity contribution >= 4 is 32.4 Å². The quantitative estimate of drug-likeness (QED) is 0.237. The SMILES string of the molecule is CC(C)(C)c1ccc(C2=CC=C[C@@H]3C2[N-]C(C)(C)N3[Si](C)(C)C2C3C=CC=CC3C3C=CC=CC32)cc1.[CH3-].[Cl][Ti][Cl]. The van der Waals surface area contributed by atoms with Crippen LogP contribution < -0.4 is 0 Å². The first-order valence-electron chi connectivity index (χ1n) is 14.6. The molecule has 41 heavy (non-hydrogen) atoms. The van der Waals surface area contributed by atoms with Crippen molar-refractivity contribution in [2.45, 2.75) is 76.4 Å². The molecular formula is C35H46Cl2N2SiTi-2. The summed E-state index contributed by atoms with van der Waals surface area (Å²) < 4.78 is 2.90. The number of rotatable bonds is 3. The zero-order valence-electron chi connectivity index (χ0n) is 25.9. The van der Waals surface area contributed by atoms with Crippen LogP contribution in [0.1, 0.15) is 45.7 Å². The number of fused-ring (bicyclic) bond motifs is 4. The number of hydrogen-bond donors (Lipinski definition) is 0. The van der Waals surface area contributed by atoms with Gasteiger partial charge in [0.1, 0.15) is 8.24 Å². The molecule has 220 valence electrons. The minimum absolute atomic E-state index is 0. The summed E-state index contributed by atoms with van der Waals surface area (Å²) in [5.74, 6) is 2.45. The maximum atomic E-state index is 5.58. The van der Waals surface area contributed by atoms with E-state index in [4.69, 9.17) is 23.9 Å². The van der Waals surface area contributed by atoms with Crippen molar-refractivity contribution in [3.63, 3.8) is 0 Å². The first-order chi connectivity index (χ1) is 18.9. The Bertz CT molecular complexity index is 1230. The van der Waals surface area contributed by atoms with Gasteiger partial charge in [0.15, 0.2) is 0 Å². The Labute approximate surface area is 267 Å². The molecule has 0 radical (unpaired) electrons. The van der Waals surface area contributed by atoms with E-state index in [2.05, 4.69) is 143 Å². The molecule has 2 nitrogen and oxygen atoms in total. The van der Waals surface area contributed by atoms with Gasteiger partial charge >= 0.3 is 35.6 Å². The van der Waals surface area contributed by atoms with Gasteiger partial charge in [0.25, 0.3) is 0 Å². The molecule has 1 heterocycles. The molecule has 1 aliphatic heterocycles. The zero-order chi connectivity index (χ0) is 28.9. The standard InChI is InChI=1S/C34H43N2Si.CH3.2ClH.Ti/c1-33(2,3)24-21-19-23(20-22-24)25-17-12-18-30-31(25)35-34(4,5)36(30)37(6,7)32-28-15-10-8-13-26(28)27-14-9-11-16-29(27)32;;;;/h8-22,26-32H,1-7H3;1H3;2*1H;/q2*-1;;;+2/p-2/t26?,27?,28?,29?,30-,31?,32?;;;;/m1..../s1. The van der Waals surface area contributed by atoms with E-state index in [9.17, 15) is 0 Å². The van der Waals surface area contributed by atoms with Crippen LogP contribution in [0, 0.1) is 31.1 Å². The number of hydrogen-bond acceptors (Lipinski definition) is 1. The second-order valence-electron chi connectivity index (χ2n) is 13.9. The third kappa shape index (κ3) is 6.07. The van der Waals surface area contributed by atoms with Gasteiger partial charge in [-0.05, 0) is 45.8 Å². The van der Waals surface area contributed by atoms with Gasteiger partial charge in [-0.2, -0.15) is 0 Å². The van der Waals surface area contributed by atoms with E-state index in [1.807, 2.05) is 0 Å². The Balaban J connectivity index is 0.000000929. The second kappa shape index (κ2) is 12.6. The number of halogens is 2. The third-order valence-corrected chi connectivity index (χ3v) is 14.3. The van der Waals surface area contributed by atoms with Crippen LogP contribution in [0.4, 0.5) is 0 Å². The van der Waals surface area contributed by atoms with Gasteiger partial charge in [0.2, 0.25) is 0 Å². The zero-order valence-corrected chi connectivity index (χ0v) is 29.9. The van der Waals surface area contributed by atoms with Gasteiger partial charge in [-0.3, -0.25) is 0 Å². The summed E-state index contributed by atoms with van der Waals surface area (Å²) in [5.41, 5.74) is 4.70. The van der Waals surface area contributed by atoms with Crippen molar-refractivity contribution in [3.05, 3.63) is 115 Å². The van der Waals surface area contributed by atoms with E-state index in [1.165, 1.54) is 16.7 Å². The number of nitrogens with zero attached hydrogens (tertiary/aromatic N) is 2. The Morgan fingerprint density at radius 2 is 1.29 bits per heavy atom. The molecule has 5 aliphatic rings. The summed E-state index contributed by atoms with van der Waals surface area (Å²) in [6, 6.07) is 9.77. The molecule has 0 aromatic heterocycles. The molecule has 1 aromatic rings. The number of allylic oxidation sites excluding steroid dienone is 10. The normalized spacial score (nSPS) is 32.7. The van der Waals surface area contributed by atoms with Gasteiger partial charge in [-0.25, -0.2) is 0 Å². The van der Waals surface area contributed by atoms with Gasteiger partial charge in [-0.15, -0.1) is 0 Å². The monoisotopic (exact) mass is 640 g/mol. The molecule has 5 unspecified atom stereocenters. The van der Waals surface area contributed by atoms with Crippen LogP contribution in [0.2, 0.25) is 18.6 Å². The average Bonchev–Trinajstić information content (AvgIpc) is 3.40. The summed E-state index contributed by atoms with van der Waals surface area (Å²) in [4.78, 5) is 0. The van der Waals surface area contributed by atoms with Gasteiger partial charge in [0, 0.05) is 6.04 Å². The third-order valence-electron chi connectivity index (χ3n) is 9.81. The minimum atomic E-state index is -1.97. The van der Waals surface area contributed by atoms with Crippen LogP contribution in [-0.4, -0.2) is 30.5 Å². The number of benzene rings is 1. The molecule has 1 saturated carbocycles. The molecule has 0 amide bonds. The van der Waals surface area contributed by atoms with Crippen LogP contribution in [-0.2, 0) is 22.4 Å². The molecular weight excluding hydrogens is 595 g/mol. The Morgan fingerprint density at radius 1 is 0.805 bits per heavy atom. The van der Waals surface area contributed by atoms with Crippen LogP contribution in [0.5, 0.6) is 0 Å². The summed E-state index contributed by atoms with van der Waals surface area (Å²) >= 11 is -0.556. The van der Waals surface area contributed by atoms with Crippen molar-refractivity contribution < 1.29 is 17.0 Å². The average molecular weight is 642 g/mol. The van der Waals surface area contributed by atoms with E-state index in [1.54, 1.807) is 0 Å². The topological polar surface area (TPSA) is 17.3 Å². The van der Waals surface area contributed by atoms with E-state index in [-0.39, 0.29) is 24.5 Å². The van der Waals surface area contributed by atoms with E-state index in [0.29, 0.717) is 35.3 Å². The first-order valence-corrected chi connectivity index (χ1v) is 21.9. The van der Waals surface area contributed by atoms with Crippen LogP contribution >= 0.6 is 18.6 Å². The first kappa shape index (κ1) is 33.0. The fourth-order valence-corrected chi connectivity index (χ4v) is 13.8.